The van der Waals surface area contributed by atoms with Crippen molar-refractivity contribution < 1.29 is 9.90 Å². The molecule has 45 valence electrons. The Bertz CT molecular complexity index is 98.2. The van der Waals surface area contributed by atoms with E-state index in [-0.39, 0.29) is 0 Å². The summed E-state index contributed by atoms with van der Waals surface area (Å²) in [4.78, 5) is 9.95. The van der Waals surface area contributed by atoms with E-state index in [1.807, 2.05) is 0 Å². The summed E-state index contributed by atoms with van der Waals surface area (Å²) in [6, 6.07) is 0. The maximum atomic E-state index is 9.95. The van der Waals surface area contributed by atoms with Crippen molar-refractivity contribution in [3.63, 3.8) is 0 Å². The smallest absolute Gasteiger partial charge is 0.240 e. The van der Waals surface area contributed by atoms with Gasteiger partial charge < -0.3 is 0 Å². The molecule has 0 spiro atoms. The van der Waals surface area contributed by atoms with E-state index in [0.29, 0.717) is 6.54 Å². The standard InChI is InChI=1S/C4H7N2O2/c7-4(8)6-3-1-2-5-6/h5H,1-3H2. The lowest BCUT2D eigenvalue weighted by Crippen LogP contribution is -2.34. The number of nitrogens with one attached hydrogen (secondary N) is 1. The molecule has 0 aromatic heterocycles. The summed E-state index contributed by atoms with van der Waals surface area (Å²) in [5.74, 6) is 0. The van der Waals surface area contributed by atoms with Crippen LogP contribution in [0.15, 0.2) is 0 Å². The number of hydrazine groups is 1. The molecule has 4 nitrogen and oxygen atoms in total. The first kappa shape index (κ1) is 5.37. The van der Waals surface area contributed by atoms with Gasteiger partial charge in [0.1, 0.15) is 0 Å². The molecule has 8 heavy (non-hydrogen) atoms. The highest BCUT2D eigenvalue weighted by atomic mass is 16.4. The van der Waals surface area contributed by atoms with Gasteiger partial charge in [0.25, 0.3) is 0 Å². The van der Waals surface area contributed by atoms with Crippen LogP contribution in [0.25, 0.3) is 0 Å². The van der Waals surface area contributed by atoms with E-state index in [1.165, 1.54) is 0 Å². The second-order valence-corrected chi connectivity index (χ2v) is 1.68. The van der Waals surface area contributed by atoms with E-state index >= 15 is 0 Å². The van der Waals surface area contributed by atoms with Crippen LogP contribution in [-0.2, 0) is 5.11 Å². The van der Waals surface area contributed by atoms with E-state index in [1.54, 1.807) is 0 Å². The minimum absolute atomic E-state index is 0.558. The number of hydrogen-bond acceptors (Lipinski definition) is 2. The summed E-state index contributed by atoms with van der Waals surface area (Å²) in [6.45, 7) is 1.30. The first-order valence-electron chi connectivity index (χ1n) is 2.53. The van der Waals surface area contributed by atoms with E-state index in [4.69, 9.17) is 0 Å². The molecule has 0 unspecified atom stereocenters. The maximum Gasteiger partial charge on any atom is 0.467 e. The summed E-state index contributed by atoms with van der Waals surface area (Å²) in [5, 5.41) is 11.0. The predicted octanol–water partition coefficient (Wildman–Crippen LogP) is -0.253. The lowest BCUT2D eigenvalue weighted by atomic mass is 10.5. The predicted molar refractivity (Wildman–Crippen MR) is 25.4 cm³/mol. The molecule has 1 radical (unpaired) electrons. The van der Waals surface area contributed by atoms with Crippen molar-refractivity contribution in [1.82, 2.24) is 10.4 Å². The highest BCUT2D eigenvalue weighted by Crippen LogP contribution is 1.94. The largest absolute Gasteiger partial charge is 0.467 e. The zero-order chi connectivity index (χ0) is 5.98. The van der Waals surface area contributed by atoms with Crippen LogP contribution in [0.3, 0.4) is 0 Å². The molecule has 0 aromatic carbocycles. The highest BCUT2D eigenvalue weighted by Gasteiger charge is 2.16. The van der Waals surface area contributed by atoms with Gasteiger partial charge in [-0.05, 0) is 6.42 Å². The minimum atomic E-state index is -1.14. The number of carbonyl (C=O) groups excluding carboxylic acids is 1. The lowest BCUT2D eigenvalue weighted by molar-refractivity contribution is 0.113. The van der Waals surface area contributed by atoms with Crippen LogP contribution < -0.4 is 5.43 Å². The van der Waals surface area contributed by atoms with Gasteiger partial charge in [-0.25, -0.2) is 20.3 Å². The second-order valence-electron chi connectivity index (χ2n) is 1.68. The Morgan fingerprint density at radius 2 is 2.38 bits per heavy atom. The molecule has 0 bridgehead atoms. The van der Waals surface area contributed by atoms with Gasteiger partial charge in [-0.1, -0.05) is 0 Å². The molecule has 0 aliphatic carbocycles. The molecule has 1 N–H and O–H groups in total. The zero-order valence-electron chi connectivity index (χ0n) is 4.39. The molecule has 1 rings (SSSR count). The number of hydrogen-bond donors (Lipinski definition) is 1. The Morgan fingerprint density at radius 3 is 2.62 bits per heavy atom. The molecule has 1 heterocycles. The Kier molecular flexibility index (Phi) is 1.34. The monoisotopic (exact) mass is 115 g/mol. The van der Waals surface area contributed by atoms with Gasteiger partial charge in [-0.2, -0.15) is 0 Å². The minimum Gasteiger partial charge on any atom is -0.240 e. The quantitative estimate of drug-likeness (QED) is 0.473. The summed E-state index contributed by atoms with van der Waals surface area (Å²) >= 11 is 0. The molecule has 0 atom stereocenters. The molecule has 1 saturated heterocycles. The van der Waals surface area contributed by atoms with E-state index < -0.39 is 6.09 Å². The Morgan fingerprint density at radius 1 is 1.62 bits per heavy atom. The SMILES string of the molecule is [O]C(=O)N1CCCN1. The van der Waals surface area contributed by atoms with Gasteiger partial charge in [0, 0.05) is 13.1 Å². The molecule has 0 aromatic rings. The van der Waals surface area contributed by atoms with Gasteiger partial charge in [-0.15, -0.1) is 0 Å². The Balaban J connectivity index is 2.35. The number of carbonyl (C=O) groups is 1. The van der Waals surface area contributed by atoms with Crippen molar-refractivity contribution in [1.29, 1.82) is 0 Å². The fourth-order valence-electron chi connectivity index (χ4n) is 0.686. The topological polar surface area (TPSA) is 52.2 Å². The molecule has 1 fully saturated rings. The van der Waals surface area contributed by atoms with Crippen molar-refractivity contribution in [2.75, 3.05) is 13.1 Å². The van der Waals surface area contributed by atoms with Gasteiger partial charge in [0.15, 0.2) is 0 Å². The van der Waals surface area contributed by atoms with Crippen molar-refractivity contribution in [2.45, 2.75) is 6.42 Å². The number of amides is 1. The van der Waals surface area contributed by atoms with Crippen molar-refractivity contribution in [2.24, 2.45) is 0 Å². The number of nitrogens with zero attached hydrogens (tertiary/aromatic N) is 1. The molecular formula is C4H7N2O2. The zero-order valence-corrected chi connectivity index (χ0v) is 4.39. The fourth-order valence-corrected chi connectivity index (χ4v) is 0.686. The third kappa shape index (κ3) is 0.894. The van der Waals surface area contributed by atoms with E-state index in [0.717, 1.165) is 18.0 Å². The maximum absolute atomic E-state index is 9.95. The molecular weight excluding hydrogens is 108 g/mol. The van der Waals surface area contributed by atoms with Gasteiger partial charge in [0.2, 0.25) is 0 Å². The van der Waals surface area contributed by atoms with Crippen LogP contribution in [0.4, 0.5) is 4.79 Å². The van der Waals surface area contributed by atoms with Crippen LogP contribution >= 0.6 is 0 Å². The average molecular weight is 115 g/mol. The molecule has 4 heteroatoms. The molecule has 1 aliphatic heterocycles. The molecule has 0 saturated carbocycles. The van der Waals surface area contributed by atoms with Crippen molar-refractivity contribution in [3.05, 3.63) is 0 Å². The van der Waals surface area contributed by atoms with Crippen molar-refractivity contribution >= 4 is 6.09 Å². The van der Waals surface area contributed by atoms with Crippen LogP contribution in [-0.4, -0.2) is 24.2 Å². The fraction of sp³-hybridized carbons (Fsp3) is 0.750. The van der Waals surface area contributed by atoms with E-state index in [9.17, 15) is 9.90 Å². The van der Waals surface area contributed by atoms with E-state index in [2.05, 4.69) is 5.43 Å². The average Bonchev–Trinajstić information content (AvgIpc) is 2.12. The third-order valence-electron chi connectivity index (χ3n) is 1.08. The molecule has 1 amide bonds. The van der Waals surface area contributed by atoms with Crippen LogP contribution in [0.1, 0.15) is 6.42 Å². The van der Waals surface area contributed by atoms with Gasteiger partial charge in [-0.3, -0.25) is 0 Å². The second kappa shape index (κ2) is 2.00. The van der Waals surface area contributed by atoms with Crippen molar-refractivity contribution in [3.8, 4) is 0 Å². The van der Waals surface area contributed by atoms with Crippen LogP contribution in [0, 0.1) is 0 Å². The summed E-state index contributed by atoms with van der Waals surface area (Å²) in [6.07, 6.45) is -0.254. The first-order chi connectivity index (χ1) is 3.80. The summed E-state index contributed by atoms with van der Waals surface area (Å²) in [7, 11) is 0. The van der Waals surface area contributed by atoms with Gasteiger partial charge >= 0.3 is 6.09 Å². The first-order valence-corrected chi connectivity index (χ1v) is 2.53. The molecule has 1 aliphatic rings. The normalized spacial score (nSPS) is 19.2. The summed E-state index contributed by atoms with van der Waals surface area (Å²) in [5.41, 5.74) is 2.63. The summed E-state index contributed by atoms with van der Waals surface area (Å²) < 4.78 is 0. The van der Waals surface area contributed by atoms with Gasteiger partial charge in [0.05, 0.1) is 0 Å². The highest BCUT2D eigenvalue weighted by molar-refractivity contribution is 5.63. The third-order valence-corrected chi connectivity index (χ3v) is 1.08. The lowest BCUT2D eigenvalue weighted by Gasteiger charge is -2.06. The van der Waals surface area contributed by atoms with Crippen LogP contribution in [0.2, 0.25) is 0 Å². The Hall–Kier alpha value is -0.770. The Labute approximate surface area is 47.1 Å². The van der Waals surface area contributed by atoms with Crippen LogP contribution in [0.5, 0.6) is 0 Å². The number of rotatable bonds is 0.